The van der Waals surface area contributed by atoms with Crippen LogP contribution in [0.2, 0.25) is 5.15 Å². The van der Waals surface area contributed by atoms with E-state index in [-0.39, 0.29) is 5.82 Å². The van der Waals surface area contributed by atoms with Gasteiger partial charge in [0.2, 0.25) is 0 Å². The van der Waals surface area contributed by atoms with Gasteiger partial charge in [0.1, 0.15) is 16.6 Å². The molecule has 2 nitrogen and oxygen atoms in total. The van der Waals surface area contributed by atoms with Gasteiger partial charge in [0.25, 0.3) is 0 Å². The van der Waals surface area contributed by atoms with E-state index in [2.05, 4.69) is 4.98 Å². The molecular weight excluding hydrogens is 239 g/mol. The molecule has 2 aromatic heterocycles. The zero-order chi connectivity index (χ0) is 11.8. The van der Waals surface area contributed by atoms with Crippen LogP contribution in [0.1, 0.15) is 0 Å². The fourth-order valence-corrected chi connectivity index (χ4v) is 1.94. The molecule has 0 saturated carbocycles. The summed E-state index contributed by atoms with van der Waals surface area (Å²) in [6, 6.07) is 11.8. The Balaban J connectivity index is 2.18. The van der Waals surface area contributed by atoms with Crippen LogP contribution in [0.25, 0.3) is 16.9 Å². The maximum atomic E-state index is 12.8. The molecule has 84 valence electrons. The van der Waals surface area contributed by atoms with Crippen LogP contribution in [0.15, 0.2) is 48.7 Å². The lowest BCUT2D eigenvalue weighted by atomic mass is 10.2. The van der Waals surface area contributed by atoms with Gasteiger partial charge < -0.3 is 0 Å². The van der Waals surface area contributed by atoms with Crippen molar-refractivity contribution in [2.75, 3.05) is 0 Å². The van der Waals surface area contributed by atoms with Crippen molar-refractivity contribution in [2.24, 2.45) is 0 Å². The zero-order valence-electron chi connectivity index (χ0n) is 8.77. The van der Waals surface area contributed by atoms with E-state index in [1.54, 1.807) is 22.6 Å². The van der Waals surface area contributed by atoms with Crippen molar-refractivity contribution in [3.8, 4) is 11.3 Å². The Labute approximate surface area is 102 Å². The summed E-state index contributed by atoms with van der Waals surface area (Å²) in [5.41, 5.74) is 2.42. The molecular formula is C13H8ClFN2. The maximum Gasteiger partial charge on any atom is 0.138 e. The molecule has 4 heteroatoms. The van der Waals surface area contributed by atoms with Crippen LogP contribution in [0.3, 0.4) is 0 Å². The molecule has 0 aliphatic carbocycles. The highest BCUT2D eigenvalue weighted by Gasteiger charge is 2.05. The summed E-state index contributed by atoms with van der Waals surface area (Å²) < 4.78 is 14.6. The lowest BCUT2D eigenvalue weighted by Gasteiger charge is -1.94. The first kappa shape index (κ1) is 10.3. The highest BCUT2D eigenvalue weighted by molar-refractivity contribution is 6.29. The molecule has 0 radical (unpaired) electrons. The number of pyridine rings is 1. The second-order valence-corrected chi connectivity index (χ2v) is 4.10. The molecule has 0 N–H and O–H groups in total. The lowest BCUT2D eigenvalue weighted by molar-refractivity contribution is 0.628. The van der Waals surface area contributed by atoms with Crippen molar-refractivity contribution in [2.45, 2.75) is 0 Å². The van der Waals surface area contributed by atoms with E-state index in [9.17, 15) is 4.39 Å². The van der Waals surface area contributed by atoms with E-state index in [0.717, 1.165) is 16.9 Å². The summed E-state index contributed by atoms with van der Waals surface area (Å²) >= 11 is 6.05. The number of benzene rings is 1. The first-order valence-corrected chi connectivity index (χ1v) is 5.51. The summed E-state index contributed by atoms with van der Waals surface area (Å²) in [6.07, 6.45) is 1.84. The van der Waals surface area contributed by atoms with Gasteiger partial charge in [-0.15, -0.1) is 0 Å². The average molecular weight is 247 g/mol. The maximum absolute atomic E-state index is 12.8. The van der Waals surface area contributed by atoms with Crippen molar-refractivity contribution in [3.63, 3.8) is 0 Å². The van der Waals surface area contributed by atoms with Gasteiger partial charge in [-0.3, -0.25) is 4.40 Å². The standard InChI is InChI=1S/C13H8ClFN2/c14-12-2-1-3-13-16-11(8-17(12)13)9-4-6-10(15)7-5-9/h1-8H. The second kappa shape index (κ2) is 3.86. The first-order chi connectivity index (χ1) is 8.24. The fraction of sp³-hybridized carbons (Fsp3) is 0. The first-order valence-electron chi connectivity index (χ1n) is 5.13. The normalized spacial score (nSPS) is 10.9. The van der Waals surface area contributed by atoms with Crippen LogP contribution in [0, 0.1) is 5.82 Å². The minimum Gasteiger partial charge on any atom is -0.290 e. The van der Waals surface area contributed by atoms with Crippen molar-refractivity contribution in [3.05, 3.63) is 59.6 Å². The predicted octanol–water partition coefficient (Wildman–Crippen LogP) is 3.79. The van der Waals surface area contributed by atoms with Crippen LogP contribution in [-0.2, 0) is 0 Å². The van der Waals surface area contributed by atoms with E-state index in [4.69, 9.17) is 11.6 Å². The number of halogens is 2. The predicted molar refractivity (Wildman–Crippen MR) is 65.6 cm³/mol. The molecule has 0 atom stereocenters. The van der Waals surface area contributed by atoms with Gasteiger partial charge in [-0.05, 0) is 36.4 Å². The van der Waals surface area contributed by atoms with Gasteiger partial charge >= 0.3 is 0 Å². The number of rotatable bonds is 1. The molecule has 3 aromatic rings. The number of fused-ring (bicyclic) bond motifs is 1. The zero-order valence-corrected chi connectivity index (χ0v) is 9.53. The van der Waals surface area contributed by atoms with Gasteiger partial charge in [-0.25, -0.2) is 9.37 Å². The lowest BCUT2D eigenvalue weighted by Crippen LogP contribution is -1.82. The highest BCUT2D eigenvalue weighted by atomic mass is 35.5. The van der Waals surface area contributed by atoms with Crippen LogP contribution in [0.5, 0.6) is 0 Å². The molecule has 2 heterocycles. The van der Waals surface area contributed by atoms with E-state index >= 15 is 0 Å². The number of imidazole rings is 1. The molecule has 0 unspecified atom stereocenters. The quantitative estimate of drug-likeness (QED) is 0.597. The number of hydrogen-bond donors (Lipinski definition) is 0. The van der Waals surface area contributed by atoms with Gasteiger partial charge in [-0.1, -0.05) is 17.7 Å². The van der Waals surface area contributed by atoms with Gasteiger partial charge in [0, 0.05) is 11.8 Å². The van der Waals surface area contributed by atoms with Crippen molar-refractivity contribution in [1.82, 2.24) is 9.38 Å². The molecule has 17 heavy (non-hydrogen) atoms. The molecule has 0 aliphatic rings. The minimum absolute atomic E-state index is 0.254. The number of nitrogens with zero attached hydrogens (tertiary/aromatic N) is 2. The Kier molecular flexibility index (Phi) is 2.34. The molecule has 0 saturated heterocycles. The van der Waals surface area contributed by atoms with Gasteiger partial charge in [0.05, 0.1) is 5.69 Å². The Bertz CT molecular complexity index is 673. The van der Waals surface area contributed by atoms with Crippen LogP contribution in [0.4, 0.5) is 4.39 Å². The summed E-state index contributed by atoms with van der Waals surface area (Å²) in [7, 11) is 0. The molecule has 0 spiro atoms. The van der Waals surface area contributed by atoms with Crippen molar-refractivity contribution in [1.29, 1.82) is 0 Å². The molecule has 0 fully saturated rings. The monoisotopic (exact) mass is 246 g/mol. The average Bonchev–Trinajstić information content (AvgIpc) is 2.75. The third-order valence-electron chi connectivity index (χ3n) is 2.58. The van der Waals surface area contributed by atoms with E-state index < -0.39 is 0 Å². The Morgan fingerprint density at radius 3 is 2.53 bits per heavy atom. The van der Waals surface area contributed by atoms with Gasteiger partial charge in [-0.2, -0.15) is 0 Å². The molecule has 0 bridgehead atoms. The Hall–Kier alpha value is -1.87. The molecule has 3 rings (SSSR count). The fourth-order valence-electron chi connectivity index (χ4n) is 1.74. The highest BCUT2D eigenvalue weighted by Crippen LogP contribution is 2.21. The van der Waals surface area contributed by atoms with Crippen molar-refractivity contribution >= 4 is 17.2 Å². The van der Waals surface area contributed by atoms with E-state index in [0.29, 0.717) is 5.15 Å². The van der Waals surface area contributed by atoms with E-state index in [1.807, 2.05) is 18.3 Å². The summed E-state index contributed by atoms with van der Waals surface area (Å²) in [4.78, 5) is 4.43. The largest absolute Gasteiger partial charge is 0.290 e. The summed E-state index contributed by atoms with van der Waals surface area (Å²) in [5, 5.41) is 0.600. The summed E-state index contributed by atoms with van der Waals surface area (Å²) in [5.74, 6) is -0.254. The van der Waals surface area contributed by atoms with Gasteiger partial charge in [0.15, 0.2) is 0 Å². The molecule has 0 aliphatic heterocycles. The third kappa shape index (κ3) is 1.78. The smallest absolute Gasteiger partial charge is 0.138 e. The number of aromatic nitrogens is 2. The Morgan fingerprint density at radius 2 is 1.82 bits per heavy atom. The minimum atomic E-state index is -0.254. The second-order valence-electron chi connectivity index (χ2n) is 3.71. The van der Waals surface area contributed by atoms with Crippen molar-refractivity contribution < 1.29 is 4.39 Å². The number of hydrogen-bond acceptors (Lipinski definition) is 1. The molecule has 1 aromatic carbocycles. The topological polar surface area (TPSA) is 17.3 Å². The van der Waals surface area contributed by atoms with Crippen LogP contribution < -0.4 is 0 Å². The third-order valence-corrected chi connectivity index (χ3v) is 2.89. The van der Waals surface area contributed by atoms with E-state index in [1.165, 1.54) is 12.1 Å². The molecule has 0 amide bonds. The van der Waals surface area contributed by atoms with Crippen LogP contribution in [-0.4, -0.2) is 9.38 Å². The summed E-state index contributed by atoms with van der Waals surface area (Å²) in [6.45, 7) is 0. The van der Waals surface area contributed by atoms with Crippen LogP contribution >= 0.6 is 11.6 Å². The Morgan fingerprint density at radius 1 is 1.06 bits per heavy atom. The SMILES string of the molecule is Fc1ccc(-c2cn3c(Cl)cccc3n2)cc1.